The fraction of sp³-hybridized carbons (Fsp3) is 0.867. The lowest BCUT2D eigenvalue weighted by atomic mass is 9.81. The van der Waals surface area contributed by atoms with Crippen LogP contribution in [0, 0.1) is 11.8 Å². The van der Waals surface area contributed by atoms with Crippen molar-refractivity contribution in [3.63, 3.8) is 0 Å². The third-order valence-electron chi connectivity index (χ3n) is 4.73. The Morgan fingerprint density at radius 2 is 1.94 bits per heavy atom. The molecule has 1 N–H and O–H groups in total. The number of aliphatic hydroxyl groups is 1. The average Bonchev–Trinajstić information content (AvgIpc) is 2.22. The lowest BCUT2D eigenvalue weighted by molar-refractivity contribution is 0.0896. The molecule has 0 saturated heterocycles. The van der Waals surface area contributed by atoms with E-state index in [1.165, 1.54) is 0 Å². The number of allylic oxidation sites excluding steroid dienone is 1. The Bertz CT molecular complexity index is 291. The summed E-state index contributed by atoms with van der Waals surface area (Å²) in [5.74, 6) is 0.981. The van der Waals surface area contributed by atoms with Crippen molar-refractivity contribution in [2.45, 2.75) is 64.8 Å². The van der Waals surface area contributed by atoms with Gasteiger partial charge in [0.2, 0.25) is 0 Å². The normalized spacial score (nSPS) is 29.6. The van der Waals surface area contributed by atoms with Crippen molar-refractivity contribution >= 4 is 8.32 Å². The Morgan fingerprint density at radius 1 is 1.33 bits per heavy atom. The predicted molar refractivity (Wildman–Crippen MR) is 80.2 cm³/mol. The number of hydrogen-bond acceptors (Lipinski definition) is 2. The summed E-state index contributed by atoms with van der Waals surface area (Å²) in [4.78, 5) is 0. The van der Waals surface area contributed by atoms with Gasteiger partial charge in [0.05, 0.1) is 6.10 Å². The van der Waals surface area contributed by atoms with Crippen LogP contribution in [0.5, 0.6) is 0 Å². The molecule has 0 aromatic carbocycles. The van der Waals surface area contributed by atoms with E-state index in [0.717, 1.165) is 12.8 Å². The second-order valence-electron chi connectivity index (χ2n) is 7.12. The fourth-order valence-corrected chi connectivity index (χ4v) is 3.69. The Labute approximate surface area is 114 Å². The largest absolute Gasteiger partial charge is 0.413 e. The van der Waals surface area contributed by atoms with Crippen LogP contribution in [0.2, 0.25) is 18.1 Å². The first-order chi connectivity index (χ1) is 8.19. The minimum absolute atomic E-state index is 0.264. The first-order valence-electron chi connectivity index (χ1n) is 7.14. The molecule has 2 nitrogen and oxygen atoms in total. The molecule has 18 heavy (non-hydrogen) atoms. The maximum Gasteiger partial charge on any atom is 0.192 e. The van der Waals surface area contributed by atoms with Crippen molar-refractivity contribution < 1.29 is 9.53 Å². The standard InChI is InChI=1S/C15H30O2Si/c1-12-13(10-11-16)8-7-9-14(12)17-18(5,6)15(2,3)4/h7-8,12-14,16H,9-11H2,1-6H3/t12-,13-,14?/m1/s1. The maximum absolute atomic E-state index is 9.12. The molecular formula is C15H30O2Si. The third-order valence-corrected chi connectivity index (χ3v) is 9.23. The van der Waals surface area contributed by atoms with Gasteiger partial charge in [0, 0.05) is 6.61 Å². The van der Waals surface area contributed by atoms with E-state index >= 15 is 0 Å². The zero-order valence-electron chi connectivity index (χ0n) is 12.9. The molecule has 106 valence electrons. The van der Waals surface area contributed by atoms with Crippen LogP contribution in [0.1, 0.15) is 40.5 Å². The Kier molecular flexibility index (Phi) is 5.21. The van der Waals surface area contributed by atoms with E-state index in [9.17, 15) is 0 Å². The topological polar surface area (TPSA) is 29.5 Å². The van der Waals surface area contributed by atoms with Gasteiger partial charge in [0.15, 0.2) is 8.32 Å². The molecule has 3 heteroatoms. The molecule has 1 rings (SSSR count). The zero-order valence-corrected chi connectivity index (χ0v) is 13.9. The summed E-state index contributed by atoms with van der Waals surface area (Å²) in [7, 11) is -1.68. The van der Waals surface area contributed by atoms with Gasteiger partial charge in [0.25, 0.3) is 0 Å². The van der Waals surface area contributed by atoms with Crippen LogP contribution in [-0.2, 0) is 4.43 Å². The van der Waals surface area contributed by atoms with E-state index in [4.69, 9.17) is 9.53 Å². The van der Waals surface area contributed by atoms with E-state index in [1.54, 1.807) is 0 Å². The summed E-state index contributed by atoms with van der Waals surface area (Å²) in [5.41, 5.74) is 0. The Hall–Kier alpha value is -0.123. The SMILES string of the molecule is C[C@H]1C(O[Si](C)(C)C(C)(C)C)CC=C[C@@H]1CCO. The molecular weight excluding hydrogens is 240 g/mol. The smallest absolute Gasteiger partial charge is 0.192 e. The fourth-order valence-electron chi connectivity index (χ4n) is 2.27. The first-order valence-corrected chi connectivity index (χ1v) is 10.0. The summed E-state index contributed by atoms with van der Waals surface area (Å²) in [6.45, 7) is 14.0. The van der Waals surface area contributed by atoms with E-state index < -0.39 is 8.32 Å². The maximum atomic E-state index is 9.12. The summed E-state index contributed by atoms with van der Waals surface area (Å²) >= 11 is 0. The molecule has 0 fully saturated rings. The van der Waals surface area contributed by atoms with Crippen LogP contribution in [0.15, 0.2) is 12.2 Å². The quantitative estimate of drug-likeness (QED) is 0.618. The average molecular weight is 270 g/mol. The molecule has 1 unspecified atom stereocenters. The van der Waals surface area contributed by atoms with Crippen molar-refractivity contribution in [2.24, 2.45) is 11.8 Å². The van der Waals surface area contributed by atoms with Gasteiger partial charge < -0.3 is 9.53 Å². The van der Waals surface area contributed by atoms with Gasteiger partial charge in [0.1, 0.15) is 0 Å². The molecule has 3 atom stereocenters. The van der Waals surface area contributed by atoms with Crippen molar-refractivity contribution in [3.8, 4) is 0 Å². The summed E-state index contributed by atoms with van der Waals surface area (Å²) in [6.07, 6.45) is 6.70. The lowest BCUT2D eigenvalue weighted by Crippen LogP contribution is -2.46. The van der Waals surface area contributed by atoms with Crippen molar-refractivity contribution in [1.82, 2.24) is 0 Å². The molecule has 0 aromatic heterocycles. The minimum atomic E-state index is -1.68. The van der Waals surface area contributed by atoms with Crippen molar-refractivity contribution in [2.75, 3.05) is 6.61 Å². The first kappa shape index (κ1) is 15.9. The minimum Gasteiger partial charge on any atom is -0.413 e. The second kappa shape index (κ2) is 5.89. The molecule has 0 aromatic rings. The molecule has 0 heterocycles. The van der Waals surface area contributed by atoms with Gasteiger partial charge in [-0.1, -0.05) is 39.8 Å². The molecule has 0 spiro atoms. The highest BCUT2D eigenvalue weighted by Crippen LogP contribution is 2.40. The van der Waals surface area contributed by atoms with Gasteiger partial charge in [-0.2, -0.15) is 0 Å². The van der Waals surface area contributed by atoms with Crippen LogP contribution >= 0.6 is 0 Å². The van der Waals surface area contributed by atoms with Crippen LogP contribution < -0.4 is 0 Å². The van der Waals surface area contributed by atoms with Crippen molar-refractivity contribution in [1.29, 1.82) is 0 Å². The lowest BCUT2D eigenvalue weighted by Gasteiger charge is -2.43. The molecule has 0 aliphatic heterocycles. The number of rotatable bonds is 4. The van der Waals surface area contributed by atoms with Gasteiger partial charge in [-0.25, -0.2) is 0 Å². The van der Waals surface area contributed by atoms with Crippen molar-refractivity contribution in [3.05, 3.63) is 12.2 Å². The van der Waals surface area contributed by atoms with Crippen LogP contribution in [-0.4, -0.2) is 26.1 Å². The van der Waals surface area contributed by atoms with Crippen LogP contribution in [0.4, 0.5) is 0 Å². The van der Waals surface area contributed by atoms with Gasteiger partial charge >= 0.3 is 0 Å². The van der Waals surface area contributed by atoms with Gasteiger partial charge in [-0.3, -0.25) is 0 Å². The molecule has 1 aliphatic carbocycles. The molecule has 1 aliphatic rings. The second-order valence-corrected chi connectivity index (χ2v) is 11.9. The molecule has 0 saturated carbocycles. The number of hydrogen-bond donors (Lipinski definition) is 1. The highest BCUT2D eigenvalue weighted by atomic mass is 28.4. The highest BCUT2D eigenvalue weighted by molar-refractivity contribution is 6.74. The van der Waals surface area contributed by atoms with Gasteiger partial charge in [-0.05, 0) is 42.8 Å². The molecule has 0 amide bonds. The monoisotopic (exact) mass is 270 g/mol. The predicted octanol–water partition coefficient (Wildman–Crippen LogP) is 3.97. The highest BCUT2D eigenvalue weighted by Gasteiger charge is 2.41. The summed E-state index contributed by atoms with van der Waals surface area (Å²) < 4.78 is 6.54. The number of aliphatic hydroxyl groups excluding tert-OH is 1. The van der Waals surface area contributed by atoms with Gasteiger partial charge in [-0.15, -0.1) is 0 Å². The van der Waals surface area contributed by atoms with E-state index in [0.29, 0.717) is 17.9 Å². The Balaban J connectivity index is 2.71. The van der Waals surface area contributed by atoms with E-state index in [-0.39, 0.29) is 11.6 Å². The van der Waals surface area contributed by atoms with E-state index in [1.807, 2.05) is 0 Å². The van der Waals surface area contributed by atoms with Crippen LogP contribution in [0.25, 0.3) is 0 Å². The van der Waals surface area contributed by atoms with Crippen LogP contribution in [0.3, 0.4) is 0 Å². The summed E-state index contributed by atoms with van der Waals surface area (Å²) in [5, 5.41) is 9.38. The molecule has 0 bridgehead atoms. The summed E-state index contributed by atoms with van der Waals surface area (Å²) in [6, 6.07) is 0. The zero-order chi connectivity index (χ0) is 14.0. The third kappa shape index (κ3) is 3.69. The Morgan fingerprint density at radius 3 is 2.44 bits per heavy atom. The molecule has 0 radical (unpaired) electrons. The van der Waals surface area contributed by atoms with E-state index in [2.05, 4.69) is 52.9 Å².